The summed E-state index contributed by atoms with van der Waals surface area (Å²) in [6, 6.07) is 8.25. The zero-order chi connectivity index (χ0) is 13.9. The van der Waals surface area contributed by atoms with Gasteiger partial charge in [0.25, 0.3) is 0 Å². The van der Waals surface area contributed by atoms with E-state index in [1.165, 1.54) is 5.56 Å². The van der Waals surface area contributed by atoms with E-state index in [-0.39, 0.29) is 12.7 Å². The van der Waals surface area contributed by atoms with E-state index in [1.807, 2.05) is 12.1 Å². The number of rotatable bonds is 5. The van der Waals surface area contributed by atoms with Crippen LogP contribution in [0.4, 0.5) is 0 Å². The number of ether oxygens (including phenoxy) is 1. The molecule has 3 unspecified atom stereocenters. The number of benzene rings is 1. The molecule has 3 heteroatoms. The van der Waals surface area contributed by atoms with Crippen molar-refractivity contribution >= 4 is 0 Å². The third-order valence-corrected chi connectivity index (χ3v) is 4.27. The summed E-state index contributed by atoms with van der Waals surface area (Å²) in [6.07, 6.45) is 3.72. The Morgan fingerprint density at radius 2 is 2.21 bits per heavy atom. The first-order valence-corrected chi connectivity index (χ1v) is 7.23. The monoisotopic (exact) mass is 263 g/mol. The molecular formula is C16H25NO2. The molecule has 1 aromatic rings. The number of aliphatic hydroxyl groups is 1. The lowest BCUT2D eigenvalue weighted by Crippen LogP contribution is -2.41. The van der Waals surface area contributed by atoms with Crippen LogP contribution >= 0.6 is 0 Å². The zero-order valence-electron chi connectivity index (χ0n) is 11.9. The Hall–Kier alpha value is -1.06. The molecule has 0 saturated heterocycles. The first kappa shape index (κ1) is 14.4. The van der Waals surface area contributed by atoms with Crippen LogP contribution in [0.2, 0.25) is 0 Å². The fraction of sp³-hybridized carbons (Fsp3) is 0.625. The summed E-state index contributed by atoms with van der Waals surface area (Å²) in [5, 5.41) is 9.31. The van der Waals surface area contributed by atoms with Gasteiger partial charge in [-0.1, -0.05) is 32.0 Å². The van der Waals surface area contributed by atoms with E-state index in [0.717, 1.165) is 31.4 Å². The highest BCUT2D eigenvalue weighted by atomic mass is 16.5. The van der Waals surface area contributed by atoms with Gasteiger partial charge in [0, 0.05) is 12.0 Å². The van der Waals surface area contributed by atoms with Crippen molar-refractivity contribution in [2.75, 3.05) is 6.61 Å². The van der Waals surface area contributed by atoms with E-state index in [0.29, 0.717) is 5.92 Å². The summed E-state index contributed by atoms with van der Waals surface area (Å²) in [7, 11) is 0. The van der Waals surface area contributed by atoms with Gasteiger partial charge in [0.2, 0.25) is 0 Å². The molecule has 1 aliphatic carbocycles. The molecule has 1 aromatic carbocycles. The van der Waals surface area contributed by atoms with Crippen molar-refractivity contribution in [3.05, 3.63) is 29.8 Å². The Morgan fingerprint density at radius 1 is 1.47 bits per heavy atom. The van der Waals surface area contributed by atoms with Crippen molar-refractivity contribution < 1.29 is 9.84 Å². The third kappa shape index (κ3) is 3.28. The molecule has 1 fully saturated rings. The minimum atomic E-state index is -0.448. The molecule has 3 nitrogen and oxygen atoms in total. The second kappa shape index (κ2) is 5.93. The topological polar surface area (TPSA) is 55.5 Å². The first-order chi connectivity index (χ1) is 9.08. The minimum absolute atomic E-state index is 0.0415. The summed E-state index contributed by atoms with van der Waals surface area (Å²) in [5.41, 5.74) is 6.92. The molecule has 2 rings (SSSR count). The van der Waals surface area contributed by atoms with Crippen LogP contribution in [0.3, 0.4) is 0 Å². The molecule has 0 heterocycles. The van der Waals surface area contributed by atoms with Gasteiger partial charge in [-0.15, -0.1) is 0 Å². The molecule has 3 atom stereocenters. The largest absolute Gasteiger partial charge is 0.490 e. The van der Waals surface area contributed by atoms with Gasteiger partial charge in [0.05, 0.1) is 6.61 Å². The molecule has 106 valence electrons. The van der Waals surface area contributed by atoms with Gasteiger partial charge in [-0.2, -0.15) is 0 Å². The summed E-state index contributed by atoms with van der Waals surface area (Å²) in [5.74, 6) is 1.47. The fourth-order valence-corrected chi connectivity index (χ4v) is 2.74. The molecule has 0 radical (unpaired) electrons. The van der Waals surface area contributed by atoms with Crippen LogP contribution < -0.4 is 10.5 Å². The lowest BCUT2D eigenvalue weighted by molar-refractivity contribution is 0.164. The van der Waals surface area contributed by atoms with Gasteiger partial charge < -0.3 is 15.6 Å². The minimum Gasteiger partial charge on any atom is -0.490 e. The second-order valence-corrected chi connectivity index (χ2v) is 5.85. The number of para-hydroxylation sites is 1. The predicted molar refractivity (Wildman–Crippen MR) is 77.4 cm³/mol. The maximum atomic E-state index is 9.31. The van der Waals surface area contributed by atoms with Crippen LogP contribution in [-0.2, 0) is 0 Å². The third-order valence-electron chi connectivity index (χ3n) is 4.27. The van der Waals surface area contributed by atoms with Gasteiger partial charge in [0.15, 0.2) is 0 Å². The van der Waals surface area contributed by atoms with Crippen LogP contribution in [0, 0.1) is 0 Å². The van der Waals surface area contributed by atoms with Crippen LogP contribution in [0.15, 0.2) is 24.3 Å². The quantitative estimate of drug-likeness (QED) is 0.859. The van der Waals surface area contributed by atoms with E-state index in [2.05, 4.69) is 26.0 Å². The second-order valence-electron chi connectivity index (χ2n) is 5.85. The molecular weight excluding hydrogens is 238 g/mol. The molecule has 0 amide bonds. The Labute approximate surface area is 115 Å². The average Bonchev–Trinajstić information content (AvgIpc) is 2.81. The summed E-state index contributed by atoms with van der Waals surface area (Å²) in [6.45, 7) is 4.45. The number of nitrogens with two attached hydrogens (primary N) is 1. The van der Waals surface area contributed by atoms with Crippen molar-refractivity contribution in [3.63, 3.8) is 0 Å². The van der Waals surface area contributed by atoms with Crippen LogP contribution in [-0.4, -0.2) is 23.4 Å². The van der Waals surface area contributed by atoms with Crippen LogP contribution in [0.5, 0.6) is 5.75 Å². The Kier molecular flexibility index (Phi) is 4.48. The van der Waals surface area contributed by atoms with E-state index in [9.17, 15) is 5.11 Å². The number of hydrogen-bond acceptors (Lipinski definition) is 3. The molecule has 1 aliphatic rings. The molecule has 3 N–H and O–H groups in total. The Bertz CT molecular complexity index is 421. The first-order valence-electron chi connectivity index (χ1n) is 7.23. The maximum absolute atomic E-state index is 9.31. The van der Waals surface area contributed by atoms with Crippen molar-refractivity contribution in [2.45, 2.75) is 57.1 Å². The van der Waals surface area contributed by atoms with Gasteiger partial charge in [-0.05, 0) is 36.8 Å². The van der Waals surface area contributed by atoms with Crippen molar-refractivity contribution in [2.24, 2.45) is 5.73 Å². The smallest absolute Gasteiger partial charge is 0.123 e. The van der Waals surface area contributed by atoms with Crippen molar-refractivity contribution in [1.82, 2.24) is 0 Å². The fourth-order valence-electron chi connectivity index (χ4n) is 2.74. The van der Waals surface area contributed by atoms with Gasteiger partial charge in [-0.3, -0.25) is 0 Å². The summed E-state index contributed by atoms with van der Waals surface area (Å²) in [4.78, 5) is 0. The molecule has 0 spiro atoms. The SMILES string of the molecule is CCC(C)c1ccccc1OC1CCC(N)(CO)C1. The predicted octanol–water partition coefficient (Wildman–Crippen LogP) is 2.82. The lowest BCUT2D eigenvalue weighted by atomic mass is 9.97. The number of hydrogen-bond donors (Lipinski definition) is 2. The van der Waals surface area contributed by atoms with Crippen molar-refractivity contribution in [3.8, 4) is 5.75 Å². The molecule has 1 saturated carbocycles. The zero-order valence-corrected chi connectivity index (χ0v) is 11.9. The molecule has 0 bridgehead atoms. The normalized spacial score (nSPS) is 28.3. The van der Waals surface area contributed by atoms with Gasteiger partial charge in [0.1, 0.15) is 11.9 Å². The van der Waals surface area contributed by atoms with Gasteiger partial charge in [-0.25, -0.2) is 0 Å². The van der Waals surface area contributed by atoms with E-state index < -0.39 is 5.54 Å². The van der Waals surface area contributed by atoms with E-state index in [1.54, 1.807) is 0 Å². The standard InChI is InChI=1S/C16H25NO2/c1-3-12(2)14-6-4-5-7-15(14)19-13-8-9-16(17,10-13)11-18/h4-7,12-13,18H,3,8-11,17H2,1-2H3. The Balaban J connectivity index is 2.08. The lowest BCUT2D eigenvalue weighted by Gasteiger charge is -2.22. The van der Waals surface area contributed by atoms with Crippen molar-refractivity contribution in [1.29, 1.82) is 0 Å². The van der Waals surface area contributed by atoms with E-state index >= 15 is 0 Å². The maximum Gasteiger partial charge on any atom is 0.123 e. The average molecular weight is 263 g/mol. The van der Waals surface area contributed by atoms with Gasteiger partial charge >= 0.3 is 0 Å². The molecule has 19 heavy (non-hydrogen) atoms. The van der Waals surface area contributed by atoms with Crippen LogP contribution in [0.1, 0.15) is 51.0 Å². The molecule has 0 aromatic heterocycles. The van der Waals surface area contributed by atoms with E-state index in [4.69, 9.17) is 10.5 Å². The highest BCUT2D eigenvalue weighted by Gasteiger charge is 2.36. The van der Waals surface area contributed by atoms with Crippen LogP contribution in [0.25, 0.3) is 0 Å². The highest BCUT2D eigenvalue weighted by Crippen LogP contribution is 2.34. The highest BCUT2D eigenvalue weighted by molar-refractivity contribution is 5.36. The summed E-state index contributed by atoms with van der Waals surface area (Å²) >= 11 is 0. The summed E-state index contributed by atoms with van der Waals surface area (Å²) < 4.78 is 6.14. The Morgan fingerprint density at radius 3 is 2.84 bits per heavy atom. The number of aliphatic hydroxyl groups excluding tert-OH is 1. The molecule has 0 aliphatic heterocycles.